The SMILES string of the molecule is Cn1cnc(CN2CC[C@@H](O)[C@@H](O)[C@H](N3CCOCC3)C2)c1. The van der Waals surface area contributed by atoms with E-state index in [0.717, 1.165) is 38.4 Å². The molecule has 2 aliphatic heterocycles. The minimum atomic E-state index is -0.702. The van der Waals surface area contributed by atoms with Gasteiger partial charge in [-0.05, 0) is 6.42 Å². The Balaban J connectivity index is 1.69. The smallest absolute Gasteiger partial charge is 0.0966 e. The zero-order valence-corrected chi connectivity index (χ0v) is 13.1. The van der Waals surface area contributed by atoms with Gasteiger partial charge in [-0.3, -0.25) is 9.80 Å². The van der Waals surface area contributed by atoms with Crippen molar-refractivity contribution in [1.29, 1.82) is 0 Å². The topological polar surface area (TPSA) is 74.0 Å². The number of aliphatic hydroxyl groups excluding tert-OH is 2. The van der Waals surface area contributed by atoms with Gasteiger partial charge in [0, 0.05) is 46.0 Å². The van der Waals surface area contributed by atoms with E-state index in [1.165, 1.54) is 0 Å². The molecule has 124 valence electrons. The molecular weight excluding hydrogens is 284 g/mol. The van der Waals surface area contributed by atoms with Crippen molar-refractivity contribution < 1.29 is 14.9 Å². The molecule has 0 amide bonds. The number of rotatable bonds is 3. The lowest BCUT2D eigenvalue weighted by atomic mass is 10.0. The molecule has 7 nitrogen and oxygen atoms in total. The van der Waals surface area contributed by atoms with E-state index in [2.05, 4.69) is 14.8 Å². The fourth-order valence-electron chi connectivity index (χ4n) is 3.37. The van der Waals surface area contributed by atoms with Crippen LogP contribution in [-0.4, -0.2) is 87.2 Å². The molecule has 0 aliphatic carbocycles. The van der Waals surface area contributed by atoms with Gasteiger partial charge in [0.1, 0.15) is 0 Å². The lowest BCUT2D eigenvalue weighted by Crippen LogP contribution is -2.55. The lowest BCUT2D eigenvalue weighted by molar-refractivity contribution is -0.0618. The summed E-state index contributed by atoms with van der Waals surface area (Å²) < 4.78 is 7.34. The average molecular weight is 310 g/mol. The minimum Gasteiger partial charge on any atom is -0.390 e. The maximum Gasteiger partial charge on any atom is 0.0966 e. The molecule has 0 unspecified atom stereocenters. The summed E-state index contributed by atoms with van der Waals surface area (Å²) in [6.07, 6.45) is 3.04. The van der Waals surface area contributed by atoms with E-state index in [4.69, 9.17) is 4.74 Å². The number of aryl methyl sites for hydroxylation is 1. The molecule has 3 atom stereocenters. The number of imidazole rings is 1. The summed E-state index contributed by atoms with van der Waals surface area (Å²) >= 11 is 0. The molecule has 2 aliphatic rings. The van der Waals surface area contributed by atoms with E-state index in [1.54, 1.807) is 6.33 Å². The zero-order valence-electron chi connectivity index (χ0n) is 13.1. The first-order valence-electron chi connectivity index (χ1n) is 8.00. The van der Waals surface area contributed by atoms with Crippen molar-refractivity contribution in [1.82, 2.24) is 19.4 Å². The van der Waals surface area contributed by atoms with Crippen molar-refractivity contribution in [3.05, 3.63) is 18.2 Å². The van der Waals surface area contributed by atoms with Gasteiger partial charge in [0.05, 0.1) is 43.5 Å². The van der Waals surface area contributed by atoms with E-state index in [1.807, 2.05) is 17.8 Å². The second kappa shape index (κ2) is 7.06. The molecule has 3 rings (SSSR count). The third-order valence-corrected chi connectivity index (χ3v) is 4.63. The highest BCUT2D eigenvalue weighted by molar-refractivity contribution is 4.98. The molecule has 3 heterocycles. The van der Waals surface area contributed by atoms with Gasteiger partial charge in [-0.15, -0.1) is 0 Å². The van der Waals surface area contributed by atoms with Gasteiger partial charge in [-0.25, -0.2) is 4.98 Å². The Morgan fingerprint density at radius 3 is 2.73 bits per heavy atom. The Hall–Kier alpha value is -0.990. The maximum atomic E-state index is 10.5. The van der Waals surface area contributed by atoms with E-state index < -0.39 is 12.2 Å². The van der Waals surface area contributed by atoms with Crippen LogP contribution in [0.15, 0.2) is 12.5 Å². The summed E-state index contributed by atoms with van der Waals surface area (Å²) in [6, 6.07) is -0.0508. The Morgan fingerprint density at radius 2 is 2.05 bits per heavy atom. The number of hydrogen-bond donors (Lipinski definition) is 2. The molecule has 0 aromatic carbocycles. The first-order chi connectivity index (χ1) is 10.6. The predicted octanol–water partition coefficient (Wildman–Crippen LogP) is -0.952. The van der Waals surface area contributed by atoms with Crippen LogP contribution in [-0.2, 0) is 18.3 Å². The van der Waals surface area contributed by atoms with Crippen LogP contribution in [0.5, 0.6) is 0 Å². The van der Waals surface area contributed by atoms with E-state index in [9.17, 15) is 10.2 Å². The second-order valence-electron chi connectivity index (χ2n) is 6.33. The van der Waals surface area contributed by atoms with Crippen molar-refractivity contribution in [2.75, 3.05) is 39.4 Å². The first kappa shape index (κ1) is 15.9. The standard InChI is InChI=1S/C15H26N4O3/c1-17-8-12(16-11-17)9-18-3-2-14(20)15(21)13(10-18)19-4-6-22-7-5-19/h8,11,13-15,20-21H,2-7,9-10H2,1H3/t13-,14-,15+/m1/s1. The summed E-state index contributed by atoms with van der Waals surface area (Å²) in [4.78, 5) is 8.90. The molecule has 2 saturated heterocycles. The highest BCUT2D eigenvalue weighted by Gasteiger charge is 2.36. The van der Waals surface area contributed by atoms with E-state index in [-0.39, 0.29) is 6.04 Å². The maximum absolute atomic E-state index is 10.5. The van der Waals surface area contributed by atoms with Crippen molar-refractivity contribution in [2.24, 2.45) is 7.05 Å². The van der Waals surface area contributed by atoms with Crippen molar-refractivity contribution in [3.63, 3.8) is 0 Å². The molecule has 0 spiro atoms. The fraction of sp³-hybridized carbons (Fsp3) is 0.800. The summed E-state index contributed by atoms with van der Waals surface area (Å²) in [5, 5.41) is 20.7. The molecule has 0 bridgehead atoms. The third-order valence-electron chi connectivity index (χ3n) is 4.63. The van der Waals surface area contributed by atoms with Crippen LogP contribution >= 0.6 is 0 Å². The Morgan fingerprint density at radius 1 is 1.27 bits per heavy atom. The molecule has 2 fully saturated rings. The fourth-order valence-corrected chi connectivity index (χ4v) is 3.37. The molecule has 1 aromatic heterocycles. The molecule has 1 aromatic rings. The van der Waals surface area contributed by atoms with Crippen LogP contribution < -0.4 is 0 Å². The number of ether oxygens (including phenoxy) is 1. The van der Waals surface area contributed by atoms with Crippen molar-refractivity contribution >= 4 is 0 Å². The van der Waals surface area contributed by atoms with Gasteiger partial charge in [0.2, 0.25) is 0 Å². The average Bonchev–Trinajstić information content (AvgIpc) is 2.88. The molecule has 0 radical (unpaired) electrons. The van der Waals surface area contributed by atoms with Crippen LogP contribution in [0.3, 0.4) is 0 Å². The van der Waals surface area contributed by atoms with Crippen molar-refractivity contribution in [2.45, 2.75) is 31.2 Å². The van der Waals surface area contributed by atoms with Crippen LogP contribution in [0.1, 0.15) is 12.1 Å². The van der Waals surface area contributed by atoms with Crippen LogP contribution in [0.2, 0.25) is 0 Å². The zero-order chi connectivity index (χ0) is 15.5. The normalized spacial score (nSPS) is 32.0. The van der Waals surface area contributed by atoms with E-state index >= 15 is 0 Å². The molecule has 0 saturated carbocycles. The van der Waals surface area contributed by atoms with Gasteiger partial charge in [-0.1, -0.05) is 0 Å². The molecule has 7 heteroatoms. The quantitative estimate of drug-likeness (QED) is 0.750. The number of likely N-dealkylation sites (tertiary alicyclic amines) is 1. The monoisotopic (exact) mass is 310 g/mol. The predicted molar refractivity (Wildman–Crippen MR) is 81.3 cm³/mol. The molecule has 2 N–H and O–H groups in total. The number of nitrogens with zero attached hydrogens (tertiary/aromatic N) is 4. The minimum absolute atomic E-state index is 0.0508. The largest absolute Gasteiger partial charge is 0.390 e. The van der Waals surface area contributed by atoms with E-state index in [0.29, 0.717) is 19.6 Å². The highest BCUT2D eigenvalue weighted by atomic mass is 16.5. The van der Waals surface area contributed by atoms with Crippen LogP contribution in [0.25, 0.3) is 0 Å². The van der Waals surface area contributed by atoms with Crippen LogP contribution in [0, 0.1) is 0 Å². The Bertz CT molecular complexity index is 475. The molecular formula is C15H26N4O3. The molecule has 22 heavy (non-hydrogen) atoms. The van der Waals surface area contributed by atoms with Gasteiger partial charge < -0.3 is 19.5 Å². The van der Waals surface area contributed by atoms with Gasteiger partial charge in [0.15, 0.2) is 0 Å². The summed E-state index contributed by atoms with van der Waals surface area (Å²) in [7, 11) is 1.96. The summed E-state index contributed by atoms with van der Waals surface area (Å²) in [5.41, 5.74) is 1.02. The van der Waals surface area contributed by atoms with Gasteiger partial charge in [0.25, 0.3) is 0 Å². The summed E-state index contributed by atoms with van der Waals surface area (Å²) in [6.45, 7) is 5.28. The number of morpholine rings is 1. The lowest BCUT2D eigenvalue weighted by Gasteiger charge is -2.38. The number of hydrogen-bond acceptors (Lipinski definition) is 6. The van der Waals surface area contributed by atoms with Crippen LogP contribution in [0.4, 0.5) is 0 Å². The Kier molecular flexibility index (Phi) is 5.10. The van der Waals surface area contributed by atoms with Gasteiger partial charge in [-0.2, -0.15) is 0 Å². The number of aliphatic hydroxyl groups is 2. The first-order valence-corrected chi connectivity index (χ1v) is 8.00. The highest BCUT2D eigenvalue weighted by Crippen LogP contribution is 2.20. The second-order valence-corrected chi connectivity index (χ2v) is 6.33. The van der Waals surface area contributed by atoms with Gasteiger partial charge >= 0.3 is 0 Å². The van der Waals surface area contributed by atoms with Crippen molar-refractivity contribution in [3.8, 4) is 0 Å². The Labute approximate surface area is 131 Å². The summed E-state index contributed by atoms with van der Waals surface area (Å²) in [5.74, 6) is 0. The number of aromatic nitrogens is 2. The third kappa shape index (κ3) is 3.67.